The van der Waals surface area contributed by atoms with Gasteiger partial charge in [-0.1, -0.05) is 24.3 Å². The average molecular weight is 282 g/mol. The van der Waals surface area contributed by atoms with Crippen LogP contribution in [-0.2, 0) is 22.3 Å². The van der Waals surface area contributed by atoms with E-state index in [1.165, 1.54) is 11.1 Å². The van der Waals surface area contributed by atoms with Gasteiger partial charge in [-0.25, -0.2) is 0 Å². The molecule has 2 saturated heterocycles. The highest BCUT2D eigenvalue weighted by Gasteiger charge is 2.23. The monoisotopic (exact) mass is 282 g/mol. The first-order chi connectivity index (χ1) is 10.3. The van der Waals surface area contributed by atoms with E-state index in [4.69, 9.17) is 14.2 Å². The van der Waals surface area contributed by atoms with Gasteiger partial charge in [-0.3, -0.25) is 0 Å². The second kappa shape index (κ2) is 5.51. The largest absolute Gasteiger partial charge is 0.457 e. The fourth-order valence-corrected chi connectivity index (χ4v) is 2.42. The molecule has 2 atom stereocenters. The van der Waals surface area contributed by atoms with Gasteiger partial charge in [0.15, 0.2) is 0 Å². The van der Waals surface area contributed by atoms with Crippen LogP contribution in [0.2, 0.25) is 0 Å². The lowest BCUT2D eigenvalue weighted by molar-refractivity contribution is 0.407. The molecule has 2 aromatic carbocycles. The van der Waals surface area contributed by atoms with E-state index < -0.39 is 0 Å². The van der Waals surface area contributed by atoms with Gasteiger partial charge in [0.2, 0.25) is 0 Å². The Morgan fingerprint density at radius 3 is 1.43 bits per heavy atom. The first kappa shape index (κ1) is 12.9. The molecule has 0 spiro atoms. The summed E-state index contributed by atoms with van der Waals surface area (Å²) in [7, 11) is 0. The van der Waals surface area contributed by atoms with Gasteiger partial charge in [-0.15, -0.1) is 0 Å². The smallest absolute Gasteiger partial charge is 0.127 e. The van der Waals surface area contributed by atoms with E-state index in [9.17, 15) is 0 Å². The highest BCUT2D eigenvalue weighted by molar-refractivity contribution is 5.35. The predicted molar refractivity (Wildman–Crippen MR) is 79.8 cm³/mol. The molecule has 3 nitrogen and oxygen atoms in total. The Hall–Kier alpha value is -1.84. The Morgan fingerprint density at radius 1 is 0.714 bits per heavy atom. The van der Waals surface area contributed by atoms with Gasteiger partial charge in [0.05, 0.1) is 25.4 Å². The molecule has 0 aliphatic carbocycles. The van der Waals surface area contributed by atoms with E-state index in [0.29, 0.717) is 12.2 Å². The number of benzene rings is 2. The van der Waals surface area contributed by atoms with Gasteiger partial charge in [0, 0.05) is 12.8 Å². The maximum Gasteiger partial charge on any atom is 0.127 e. The highest BCUT2D eigenvalue weighted by atomic mass is 16.6. The first-order valence-electron chi connectivity index (χ1n) is 7.44. The topological polar surface area (TPSA) is 34.3 Å². The zero-order valence-corrected chi connectivity index (χ0v) is 11.8. The Kier molecular flexibility index (Phi) is 3.37. The minimum Gasteiger partial charge on any atom is -0.457 e. The highest BCUT2D eigenvalue weighted by Crippen LogP contribution is 2.25. The molecule has 0 saturated carbocycles. The third-order valence-corrected chi connectivity index (χ3v) is 3.81. The molecule has 0 radical (unpaired) electrons. The van der Waals surface area contributed by atoms with Crippen molar-refractivity contribution in [1.29, 1.82) is 0 Å². The number of ether oxygens (including phenoxy) is 3. The van der Waals surface area contributed by atoms with Crippen molar-refractivity contribution >= 4 is 0 Å². The second-order valence-electron chi connectivity index (χ2n) is 5.71. The summed E-state index contributed by atoms with van der Waals surface area (Å²) in [5.74, 6) is 1.74. The van der Waals surface area contributed by atoms with Crippen molar-refractivity contribution in [1.82, 2.24) is 0 Å². The average Bonchev–Trinajstić information content (AvgIpc) is 3.40. The number of hydrogen-bond donors (Lipinski definition) is 0. The standard InChI is InChI=1S/C18H18O3/c1-5-15(6-2-13(1)9-17-11-19-17)21-16-7-3-14(4-8-16)10-18-12-20-18/h1-8,17-18H,9-12H2/t17-,18-/m0/s1. The number of epoxide rings is 2. The quantitative estimate of drug-likeness (QED) is 0.762. The van der Waals surface area contributed by atoms with Crippen LogP contribution in [0, 0.1) is 0 Å². The molecule has 2 fully saturated rings. The molecule has 2 aromatic rings. The molecule has 2 heterocycles. The molecule has 2 aliphatic heterocycles. The Morgan fingerprint density at radius 2 is 1.10 bits per heavy atom. The van der Waals surface area contributed by atoms with Gasteiger partial charge in [-0.2, -0.15) is 0 Å². The van der Waals surface area contributed by atoms with E-state index in [0.717, 1.165) is 37.6 Å². The molecule has 0 unspecified atom stereocenters. The van der Waals surface area contributed by atoms with Crippen LogP contribution in [0.25, 0.3) is 0 Å². The summed E-state index contributed by atoms with van der Waals surface area (Å²) in [5, 5.41) is 0. The summed E-state index contributed by atoms with van der Waals surface area (Å²) in [5.41, 5.74) is 2.59. The van der Waals surface area contributed by atoms with E-state index in [1.807, 2.05) is 24.3 Å². The molecule has 21 heavy (non-hydrogen) atoms. The Labute approximate surface area is 124 Å². The SMILES string of the molecule is c1cc(Oc2ccc(C[C@H]3CO3)cc2)ccc1C[C@H]1CO1. The van der Waals surface area contributed by atoms with Crippen molar-refractivity contribution in [2.24, 2.45) is 0 Å². The van der Waals surface area contributed by atoms with Gasteiger partial charge < -0.3 is 14.2 Å². The summed E-state index contributed by atoms with van der Waals surface area (Å²) < 4.78 is 16.3. The fraction of sp³-hybridized carbons (Fsp3) is 0.333. The number of hydrogen-bond acceptors (Lipinski definition) is 3. The van der Waals surface area contributed by atoms with Crippen LogP contribution in [-0.4, -0.2) is 25.4 Å². The van der Waals surface area contributed by atoms with Crippen molar-refractivity contribution in [3.05, 3.63) is 59.7 Å². The van der Waals surface area contributed by atoms with Crippen molar-refractivity contribution in [2.75, 3.05) is 13.2 Å². The van der Waals surface area contributed by atoms with E-state index in [2.05, 4.69) is 24.3 Å². The molecular weight excluding hydrogens is 264 g/mol. The summed E-state index contributed by atoms with van der Waals surface area (Å²) >= 11 is 0. The maximum atomic E-state index is 5.87. The zero-order chi connectivity index (χ0) is 14.1. The summed E-state index contributed by atoms with van der Waals surface area (Å²) in [6, 6.07) is 16.5. The lowest BCUT2D eigenvalue weighted by Gasteiger charge is -2.07. The van der Waals surface area contributed by atoms with Crippen molar-refractivity contribution < 1.29 is 14.2 Å². The Balaban J connectivity index is 1.37. The van der Waals surface area contributed by atoms with Crippen LogP contribution >= 0.6 is 0 Å². The van der Waals surface area contributed by atoms with Crippen LogP contribution in [0.15, 0.2) is 48.5 Å². The lowest BCUT2D eigenvalue weighted by atomic mass is 10.1. The van der Waals surface area contributed by atoms with Gasteiger partial charge in [-0.05, 0) is 35.4 Å². The van der Waals surface area contributed by atoms with Crippen LogP contribution in [0.4, 0.5) is 0 Å². The molecule has 0 aromatic heterocycles. The van der Waals surface area contributed by atoms with Gasteiger partial charge in [0.1, 0.15) is 11.5 Å². The Bertz CT molecular complexity index is 540. The third kappa shape index (κ3) is 3.63. The molecule has 0 bridgehead atoms. The van der Waals surface area contributed by atoms with Crippen molar-refractivity contribution in [3.8, 4) is 11.5 Å². The molecule has 3 heteroatoms. The normalized spacial score (nSPS) is 22.9. The molecule has 108 valence electrons. The van der Waals surface area contributed by atoms with Crippen molar-refractivity contribution in [2.45, 2.75) is 25.0 Å². The van der Waals surface area contributed by atoms with Crippen LogP contribution in [0.1, 0.15) is 11.1 Å². The summed E-state index contributed by atoms with van der Waals surface area (Å²) in [6.07, 6.45) is 2.86. The van der Waals surface area contributed by atoms with Gasteiger partial charge in [0.25, 0.3) is 0 Å². The number of rotatable bonds is 6. The first-order valence-corrected chi connectivity index (χ1v) is 7.44. The maximum absolute atomic E-state index is 5.87. The molecule has 0 amide bonds. The second-order valence-corrected chi connectivity index (χ2v) is 5.71. The summed E-state index contributed by atoms with van der Waals surface area (Å²) in [4.78, 5) is 0. The molecule has 0 N–H and O–H groups in total. The predicted octanol–water partition coefficient (Wildman–Crippen LogP) is 3.36. The molecule has 2 aliphatic rings. The zero-order valence-electron chi connectivity index (χ0n) is 11.8. The fourth-order valence-electron chi connectivity index (χ4n) is 2.42. The van der Waals surface area contributed by atoms with E-state index >= 15 is 0 Å². The van der Waals surface area contributed by atoms with E-state index in [1.54, 1.807) is 0 Å². The molecular formula is C18H18O3. The van der Waals surface area contributed by atoms with E-state index in [-0.39, 0.29) is 0 Å². The minimum atomic E-state index is 0.430. The lowest BCUT2D eigenvalue weighted by Crippen LogP contribution is -1.93. The van der Waals surface area contributed by atoms with Crippen LogP contribution < -0.4 is 4.74 Å². The summed E-state index contributed by atoms with van der Waals surface area (Å²) in [6.45, 7) is 1.80. The van der Waals surface area contributed by atoms with Crippen LogP contribution in [0.3, 0.4) is 0 Å². The third-order valence-electron chi connectivity index (χ3n) is 3.81. The van der Waals surface area contributed by atoms with Gasteiger partial charge >= 0.3 is 0 Å². The van der Waals surface area contributed by atoms with Crippen molar-refractivity contribution in [3.63, 3.8) is 0 Å². The minimum absolute atomic E-state index is 0.430. The van der Waals surface area contributed by atoms with Crippen LogP contribution in [0.5, 0.6) is 11.5 Å². The molecule has 4 rings (SSSR count).